The highest BCUT2D eigenvalue weighted by molar-refractivity contribution is 5.75. The van der Waals surface area contributed by atoms with E-state index in [1.807, 2.05) is 6.92 Å². The molecule has 0 rings (SSSR count). The average Bonchev–Trinajstić information content (AvgIpc) is 2.14. The Morgan fingerprint density at radius 3 is 2.92 bits per heavy atom. The summed E-state index contributed by atoms with van der Waals surface area (Å²) in [5.41, 5.74) is 0. The summed E-state index contributed by atoms with van der Waals surface area (Å²) >= 11 is 0. The summed E-state index contributed by atoms with van der Waals surface area (Å²) in [7, 11) is 0. The van der Waals surface area contributed by atoms with Crippen molar-refractivity contribution in [1.82, 2.24) is 5.32 Å². The molecule has 0 saturated carbocycles. The van der Waals surface area contributed by atoms with Crippen LogP contribution in [-0.2, 0) is 14.3 Å². The van der Waals surface area contributed by atoms with Gasteiger partial charge in [-0.2, -0.15) is 0 Å². The van der Waals surface area contributed by atoms with Gasteiger partial charge in [-0.05, 0) is 13.3 Å². The Kier molecular flexibility index (Phi) is 6.65. The highest BCUT2D eigenvalue weighted by Crippen LogP contribution is 1.92. The minimum Gasteiger partial charge on any atom is -0.464 e. The van der Waals surface area contributed by atoms with Crippen LogP contribution in [0.25, 0.3) is 0 Å². The number of unbranched alkanes of at least 4 members (excludes halogenated alkanes) is 1. The molecule has 0 aromatic carbocycles. The van der Waals surface area contributed by atoms with Gasteiger partial charge in [0, 0.05) is 0 Å². The van der Waals surface area contributed by atoms with Crippen molar-refractivity contribution >= 4 is 11.9 Å². The molecule has 0 aromatic rings. The lowest BCUT2D eigenvalue weighted by molar-refractivity contribution is -0.145. The van der Waals surface area contributed by atoms with Gasteiger partial charge in [-0.15, -0.1) is 0 Å². The van der Waals surface area contributed by atoms with E-state index in [9.17, 15) is 9.59 Å². The molecular weight excluding hydrogens is 170 g/mol. The summed E-state index contributed by atoms with van der Waals surface area (Å²) < 4.78 is 4.89. The van der Waals surface area contributed by atoms with Crippen molar-refractivity contribution in [3.63, 3.8) is 0 Å². The van der Waals surface area contributed by atoms with Crippen LogP contribution in [0.2, 0.25) is 0 Å². The van der Waals surface area contributed by atoms with Gasteiger partial charge in [-0.1, -0.05) is 13.3 Å². The molecule has 0 heterocycles. The first-order valence-electron chi connectivity index (χ1n) is 4.34. The summed E-state index contributed by atoms with van der Waals surface area (Å²) in [5.74, 6) is 1.18. The van der Waals surface area contributed by atoms with Gasteiger partial charge in [-0.3, -0.25) is 0 Å². The second kappa shape index (κ2) is 7.37. The van der Waals surface area contributed by atoms with Crippen LogP contribution in [0.15, 0.2) is 6.20 Å². The van der Waals surface area contributed by atoms with E-state index in [2.05, 4.69) is 5.32 Å². The average molecular weight is 185 g/mol. The highest BCUT2D eigenvalue weighted by atomic mass is 16.5. The number of carbonyl (C=O) groups excluding carboxylic acids is 2. The molecule has 0 bridgehead atoms. The van der Waals surface area contributed by atoms with E-state index in [0.717, 1.165) is 19.0 Å². The van der Waals surface area contributed by atoms with Crippen LogP contribution in [0, 0.1) is 0 Å². The molecule has 0 aromatic heterocycles. The van der Waals surface area contributed by atoms with Crippen molar-refractivity contribution in [2.75, 3.05) is 6.61 Å². The Hall–Kier alpha value is -1.28. The molecule has 0 unspecified atom stereocenters. The second-order valence-electron chi connectivity index (χ2n) is 2.67. The third-order valence-corrected chi connectivity index (χ3v) is 1.49. The van der Waals surface area contributed by atoms with Crippen molar-refractivity contribution in [3.05, 3.63) is 6.20 Å². The number of nitrogens with one attached hydrogen (secondary N) is 1. The zero-order chi connectivity index (χ0) is 10.1. The predicted octanol–water partition coefficient (Wildman–Crippen LogP) is 0.653. The minimum atomic E-state index is -0.488. The van der Waals surface area contributed by atoms with Crippen LogP contribution in [0.4, 0.5) is 0 Å². The first-order valence-corrected chi connectivity index (χ1v) is 4.34. The standard InChI is InChI=1S/C9H15NO3/c1-3-4-7-13-9(12)8(2)10-5-6-11/h5,8,10H,3-4,7H2,1-2H3/t8-/m0/s1. The zero-order valence-corrected chi connectivity index (χ0v) is 8.00. The number of ether oxygens (including phenoxy) is 1. The zero-order valence-electron chi connectivity index (χ0n) is 8.00. The van der Waals surface area contributed by atoms with Gasteiger partial charge in [0.2, 0.25) is 0 Å². The molecule has 4 nitrogen and oxygen atoms in total. The van der Waals surface area contributed by atoms with Gasteiger partial charge in [-0.25, -0.2) is 9.59 Å². The predicted molar refractivity (Wildman–Crippen MR) is 48.7 cm³/mol. The van der Waals surface area contributed by atoms with Crippen molar-refractivity contribution in [2.45, 2.75) is 32.7 Å². The molecule has 0 radical (unpaired) electrons. The van der Waals surface area contributed by atoms with Crippen LogP contribution in [0.1, 0.15) is 26.7 Å². The van der Waals surface area contributed by atoms with Gasteiger partial charge in [0.25, 0.3) is 0 Å². The van der Waals surface area contributed by atoms with E-state index in [1.54, 1.807) is 6.92 Å². The summed E-state index contributed by atoms with van der Waals surface area (Å²) in [6, 6.07) is -0.488. The van der Waals surface area contributed by atoms with Crippen molar-refractivity contribution in [1.29, 1.82) is 0 Å². The van der Waals surface area contributed by atoms with Crippen molar-refractivity contribution in [3.8, 4) is 0 Å². The van der Waals surface area contributed by atoms with E-state index in [1.165, 1.54) is 5.94 Å². The van der Waals surface area contributed by atoms with Gasteiger partial charge < -0.3 is 10.1 Å². The van der Waals surface area contributed by atoms with Crippen LogP contribution in [0.5, 0.6) is 0 Å². The quantitative estimate of drug-likeness (QED) is 0.375. The molecule has 0 aliphatic heterocycles. The first kappa shape index (κ1) is 11.7. The Morgan fingerprint density at radius 2 is 2.38 bits per heavy atom. The van der Waals surface area contributed by atoms with E-state index < -0.39 is 6.04 Å². The van der Waals surface area contributed by atoms with Gasteiger partial charge in [0.15, 0.2) is 0 Å². The molecular formula is C9H15NO3. The molecule has 74 valence electrons. The maximum Gasteiger partial charge on any atom is 0.328 e. The fourth-order valence-corrected chi connectivity index (χ4v) is 0.669. The van der Waals surface area contributed by atoms with Gasteiger partial charge in [0.1, 0.15) is 12.0 Å². The number of esters is 1. The Labute approximate surface area is 78.0 Å². The summed E-state index contributed by atoms with van der Waals surface area (Å²) in [5, 5.41) is 2.54. The Bertz CT molecular complexity index is 197. The number of carbonyl (C=O) groups is 1. The fraction of sp³-hybridized carbons (Fsp3) is 0.667. The molecule has 0 fully saturated rings. The lowest BCUT2D eigenvalue weighted by Crippen LogP contribution is -2.32. The van der Waals surface area contributed by atoms with Crippen LogP contribution in [-0.4, -0.2) is 24.6 Å². The molecule has 4 heteroatoms. The molecule has 0 saturated heterocycles. The SMILES string of the molecule is CCCCOC(=O)[C@H](C)NC=C=O. The summed E-state index contributed by atoms with van der Waals surface area (Å²) in [6.07, 6.45) is 2.91. The lowest BCUT2D eigenvalue weighted by atomic mass is 10.3. The van der Waals surface area contributed by atoms with E-state index >= 15 is 0 Å². The molecule has 13 heavy (non-hydrogen) atoms. The minimum absolute atomic E-state index is 0.347. The summed E-state index contributed by atoms with van der Waals surface area (Å²) in [4.78, 5) is 20.9. The smallest absolute Gasteiger partial charge is 0.328 e. The molecule has 0 amide bonds. The number of hydrogen-bond donors (Lipinski definition) is 1. The van der Waals surface area contributed by atoms with E-state index in [-0.39, 0.29) is 5.97 Å². The van der Waals surface area contributed by atoms with E-state index in [0.29, 0.717) is 6.61 Å². The summed E-state index contributed by atoms with van der Waals surface area (Å²) in [6.45, 7) is 4.08. The maximum atomic E-state index is 11.1. The monoisotopic (exact) mass is 185 g/mol. The van der Waals surface area contributed by atoms with Crippen LogP contribution < -0.4 is 5.32 Å². The van der Waals surface area contributed by atoms with Gasteiger partial charge in [0.05, 0.1) is 12.8 Å². The Balaban J connectivity index is 3.62. The van der Waals surface area contributed by atoms with Gasteiger partial charge >= 0.3 is 5.97 Å². The normalized spacial score (nSPS) is 11.2. The molecule has 0 aliphatic rings. The number of hydrogen-bond acceptors (Lipinski definition) is 4. The van der Waals surface area contributed by atoms with Crippen molar-refractivity contribution < 1.29 is 14.3 Å². The topological polar surface area (TPSA) is 55.4 Å². The number of rotatable bonds is 6. The van der Waals surface area contributed by atoms with Crippen LogP contribution in [0.3, 0.4) is 0 Å². The largest absolute Gasteiger partial charge is 0.464 e. The lowest BCUT2D eigenvalue weighted by Gasteiger charge is -2.09. The Morgan fingerprint density at radius 1 is 1.69 bits per heavy atom. The van der Waals surface area contributed by atoms with E-state index in [4.69, 9.17) is 4.74 Å². The molecule has 1 atom stereocenters. The third kappa shape index (κ3) is 5.93. The molecule has 0 aliphatic carbocycles. The maximum absolute atomic E-state index is 11.1. The highest BCUT2D eigenvalue weighted by Gasteiger charge is 2.11. The first-order chi connectivity index (χ1) is 6.22. The second-order valence-corrected chi connectivity index (χ2v) is 2.67. The third-order valence-electron chi connectivity index (χ3n) is 1.49. The fourth-order valence-electron chi connectivity index (χ4n) is 0.669. The van der Waals surface area contributed by atoms with Crippen LogP contribution >= 0.6 is 0 Å². The van der Waals surface area contributed by atoms with Crippen molar-refractivity contribution in [2.24, 2.45) is 0 Å². The molecule has 1 N–H and O–H groups in total. The molecule has 0 spiro atoms.